The summed E-state index contributed by atoms with van der Waals surface area (Å²) in [6.45, 7) is 0. The van der Waals surface area contributed by atoms with Crippen LogP contribution in [-0.2, 0) is 0 Å². The maximum atomic E-state index is 14.0. The third-order valence-corrected chi connectivity index (χ3v) is 4.97. The second-order valence-corrected chi connectivity index (χ2v) is 7.12. The highest BCUT2D eigenvalue weighted by molar-refractivity contribution is 6.35. The molecule has 3 amide bonds. The fraction of sp³-hybridized carbons (Fsp3) is 0. The summed E-state index contributed by atoms with van der Waals surface area (Å²) in [4.78, 5) is 24.4. The van der Waals surface area contributed by atoms with Gasteiger partial charge in [0.05, 0.1) is 5.02 Å². The molecule has 5 nitrogen and oxygen atoms in total. The van der Waals surface area contributed by atoms with E-state index in [2.05, 4.69) is 5.32 Å². The van der Waals surface area contributed by atoms with Gasteiger partial charge in [-0.05, 0) is 48.5 Å². The maximum Gasteiger partial charge on any atom is 0.343 e. The molecule has 0 saturated heterocycles. The first-order valence-corrected chi connectivity index (χ1v) is 9.25. The highest BCUT2D eigenvalue weighted by atomic mass is 35.5. The van der Waals surface area contributed by atoms with E-state index < -0.39 is 34.2 Å². The van der Waals surface area contributed by atoms with Crippen LogP contribution >= 0.6 is 46.6 Å². The Morgan fingerprint density at radius 1 is 0.897 bits per heavy atom. The summed E-state index contributed by atoms with van der Waals surface area (Å²) in [7, 11) is 0. The van der Waals surface area contributed by atoms with Crippen LogP contribution in [-0.4, -0.2) is 20.9 Å². The van der Waals surface area contributed by atoms with Crippen LogP contribution in [0.5, 0.6) is 0 Å². The number of halogens is 6. The lowest BCUT2D eigenvalue weighted by Crippen LogP contribution is -2.33. The van der Waals surface area contributed by atoms with E-state index in [1.807, 2.05) is 0 Å². The van der Waals surface area contributed by atoms with E-state index in [0.717, 1.165) is 12.1 Å². The van der Waals surface area contributed by atoms with E-state index in [1.165, 1.54) is 12.1 Å². The van der Waals surface area contributed by atoms with Gasteiger partial charge in [-0.3, -0.25) is 9.36 Å². The average Bonchev–Trinajstić information content (AvgIpc) is 3.03. The van der Waals surface area contributed by atoms with Crippen LogP contribution in [0.15, 0.2) is 48.5 Å². The molecule has 11 heteroatoms. The topological polar surface area (TPSA) is 54.3 Å². The van der Waals surface area contributed by atoms with Crippen molar-refractivity contribution in [2.75, 3.05) is 5.32 Å². The third kappa shape index (κ3) is 4.33. The molecule has 3 aromatic rings. The Morgan fingerprint density at radius 2 is 1.48 bits per heavy atom. The summed E-state index contributed by atoms with van der Waals surface area (Å²) in [5, 5.41) is 2.61. The van der Waals surface area contributed by atoms with Gasteiger partial charge >= 0.3 is 6.03 Å². The summed E-state index contributed by atoms with van der Waals surface area (Å²) < 4.78 is 29.4. The maximum absolute atomic E-state index is 14.0. The van der Waals surface area contributed by atoms with E-state index in [0.29, 0.717) is 16.0 Å². The van der Waals surface area contributed by atoms with Crippen LogP contribution in [0.3, 0.4) is 0 Å². The minimum absolute atomic E-state index is 0.0193. The van der Waals surface area contributed by atoms with Gasteiger partial charge in [-0.1, -0.05) is 34.8 Å². The largest absolute Gasteiger partial charge is 0.343 e. The molecule has 3 rings (SSSR count). The summed E-state index contributed by atoms with van der Waals surface area (Å²) >= 11 is 23.3. The van der Waals surface area contributed by atoms with Crippen molar-refractivity contribution < 1.29 is 18.4 Å². The van der Waals surface area contributed by atoms with Crippen LogP contribution < -0.4 is 5.32 Å². The molecule has 0 saturated carbocycles. The molecule has 0 unspecified atom stereocenters. The van der Waals surface area contributed by atoms with Crippen LogP contribution in [0, 0.1) is 11.6 Å². The zero-order valence-corrected chi connectivity index (χ0v) is 17.1. The second kappa shape index (κ2) is 8.59. The van der Waals surface area contributed by atoms with Gasteiger partial charge in [0, 0.05) is 23.2 Å². The standard InChI is InChI=1S/C18H9Cl4F2N3O2/c19-11-5-6-12(23)15(16(11)24)17(28)27(22)18(29)25-9-1-3-10(4-2-9)26-13(20)7-8-14(26)21/h1-8H,(H,25,29). The smallest absolute Gasteiger partial charge is 0.306 e. The molecule has 2 aromatic carbocycles. The Labute approximate surface area is 183 Å². The highest BCUT2D eigenvalue weighted by Gasteiger charge is 2.28. The zero-order valence-electron chi connectivity index (χ0n) is 14.1. The van der Waals surface area contributed by atoms with Crippen LogP contribution in [0.4, 0.5) is 19.3 Å². The predicted molar refractivity (Wildman–Crippen MR) is 108 cm³/mol. The Kier molecular flexibility index (Phi) is 6.33. The van der Waals surface area contributed by atoms with Crippen molar-refractivity contribution in [3.05, 3.63) is 81.1 Å². The minimum Gasteiger partial charge on any atom is -0.306 e. The number of carbonyl (C=O) groups excluding carboxylic acids is 2. The van der Waals surface area contributed by atoms with Crippen molar-refractivity contribution in [2.24, 2.45) is 0 Å². The summed E-state index contributed by atoms with van der Waals surface area (Å²) in [6.07, 6.45) is 0. The molecule has 150 valence electrons. The first kappa shape index (κ1) is 21.4. The molecule has 0 aliphatic carbocycles. The molecule has 1 N–H and O–H groups in total. The summed E-state index contributed by atoms with van der Waals surface area (Å²) in [5.74, 6) is -3.94. The normalized spacial score (nSPS) is 10.7. The van der Waals surface area contributed by atoms with E-state index in [9.17, 15) is 18.4 Å². The number of rotatable bonds is 3. The third-order valence-electron chi connectivity index (χ3n) is 3.78. The number of nitrogens with one attached hydrogen (secondary N) is 1. The molecule has 0 aliphatic rings. The quantitative estimate of drug-likeness (QED) is 0.343. The van der Waals surface area contributed by atoms with Crippen molar-refractivity contribution in [2.45, 2.75) is 0 Å². The fourth-order valence-corrected chi connectivity index (χ4v) is 3.25. The van der Waals surface area contributed by atoms with Gasteiger partial charge in [-0.2, -0.15) is 4.42 Å². The van der Waals surface area contributed by atoms with Gasteiger partial charge in [0.2, 0.25) is 0 Å². The Bertz CT molecular complexity index is 1080. The monoisotopic (exact) mass is 477 g/mol. The minimum atomic E-state index is -1.41. The predicted octanol–water partition coefficient (Wildman–Crippen LogP) is 6.54. The number of hydrogen-bond acceptors (Lipinski definition) is 2. The number of amides is 3. The Balaban J connectivity index is 1.76. The molecule has 0 radical (unpaired) electrons. The second-order valence-electron chi connectivity index (χ2n) is 5.60. The molecule has 0 spiro atoms. The number of nitrogens with zero attached hydrogens (tertiary/aromatic N) is 2. The van der Waals surface area contributed by atoms with Gasteiger partial charge in [-0.15, -0.1) is 0 Å². The van der Waals surface area contributed by atoms with Crippen molar-refractivity contribution in [3.8, 4) is 5.69 Å². The van der Waals surface area contributed by atoms with Crippen molar-refractivity contribution >= 4 is 64.2 Å². The lowest BCUT2D eigenvalue weighted by molar-refractivity contribution is 0.0884. The lowest BCUT2D eigenvalue weighted by Gasteiger charge is -2.15. The van der Waals surface area contributed by atoms with Gasteiger partial charge < -0.3 is 5.32 Å². The summed E-state index contributed by atoms with van der Waals surface area (Å²) in [5.41, 5.74) is -0.177. The zero-order chi connectivity index (χ0) is 21.3. The van der Waals surface area contributed by atoms with E-state index >= 15 is 0 Å². The SMILES string of the molecule is O=C(Nc1ccc(-n2c(Cl)ccc2Cl)cc1)N(Cl)C(=O)c1c(F)ccc(Cl)c1F. The number of hydrogen-bond donors (Lipinski definition) is 1. The van der Waals surface area contributed by atoms with Gasteiger partial charge in [-0.25, -0.2) is 13.6 Å². The van der Waals surface area contributed by atoms with Crippen molar-refractivity contribution in [3.63, 3.8) is 0 Å². The van der Waals surface area contributed by atoms with Gasteiger partial charge in [0.15, 0.2) is 5.82 Å². The number of carbonyl (C=O) groups is 2. The molecule has 29 heavy (non-hydrogen) atoms. The lowest BCUT2D eigenvalue weighted by atomic mass is 10.2. The first-order valence-electron chi connectivity index (χ1n) is 7.78. The number of anilines is 1. The summed E-state index contributed by atoms with van der Waals surface area (Å²) in [6, 6.07) is 10.0. The van der Waals surface area contributed by atoms with Crippen LogP contribution in [0.1, 0.15) is 10.4 Å². The van der Waals surface area contributed by atoms with Crippen molar-refractivity contribution in [1.82, 2.24) is 8.99 Å². The molecule has 0 aliphatic heterocycles. The van der Waals surface area contributed by atoms with Gasteiger partial charge in [0.1, 0.15) is 21.7 Å². The Morgan fingerprint density at radius 3 is 2.07 bits per heavy atom. The number of imide groups is 1. The molecule has 0 atom stereocenters. The molecular weight excluding hydrogens is 470 g/mol. The molecule has 0 fully saturated rings. The number of aromatic nitrogens is 1. The molecule has 1 heterocycles. The highest BCUT2D eigenvalue weighted by Crippen LogP contribution is 2.26. The first-order chi connectivity index (χ1) is 13.7. The van der Waals surface area contributed by atoms with Gasteiger partial charge in [0.25, 0.3) is 5.91 Å². The molecule has 0 bridgehead atoms. The molecular formula is C18H9Cl4F2N3O2. The average molecular weight is 479 g/mol. The van der Waals surface area contributed by atoms with E-state index in [4.69, 9.17) is 46.6 Å². The molecule has 1 aromatic heterocycles. The number of benzene rings is 2. The van der Waals surface area contributed by atoms with E-state index in [1.54, 1.807) is 28.8 Å². The van der Waals surface area contributed by atoms with Crippen molar-refractivity contribution in [1.29, 1.82) is 0 Å². The van der Waals surface area contributed by atoms with Crippen LogP contribution in [0.2, 0.25) is 15.3 Å². The number of urea groups is 1. The van der Waals surface area contributed by atoms with Crippen LogP contribution in [0.25, 0.3) is 5.69 Å². The van der Waals surface area contributed by atoms with E-state index in [-0.39, 0.29) is 10.1 Å². The fourth-order valence-electron chi connectivity index (χ4n) is 2.42. The Hall–Kier alpha value is -2.32.